The maximum Gasteiger partial charge on any atom is 0.336 e. The van der Waals surface area contributed by atoms with Crippen molar-refractivity contribution in [3.05, 3.63) is 135 Å². The van der Waals surface area contributed by atoms with Crippen molar-refractivity contribution >= 4 is 41.4 Å². The lowest BCUT2D eigenvalue weighted by Gasteiger charge is -2.10. The molecular weight excluding hydrogens is 594 g/mol. The van der Waals surface area contributed by atoms with Gasteiger partial charge in [-0.2, -0.15) is 0 Å². The topological polar surface area (TPSA) is 105 Å². The average Bonchev–Trinajstić information content (AvgIpc) is 3.00. The molecule has 0 N–H and O–H groups in total. The Bertz CT molecular complexity index is 1540. The first-order valence-corrected chi connectivity index (χ1v) is 14.6. The number of benzene rings is 3. The van der Waals surface area contributed by atoms with Crippen LogP contribution in [0.1, 0.15) is 50.3 Å². The number of hydrogen-bond donors (Lipinski definition) is 0. The second-order valence-corrected chi connectivity index (χ2v) is 10.5. The number of nitro groups is 1. The van der Waals surface area contributed by atoms with Gasteiger partial charge in [-0.1, -0.05) is 65.7 Å². The molecule has 1 atom stereocenters. The van der Waals surface area contributed by atoms with Crippen molar-refractivity contribution in [2.75, 3.05) is 7.11 Å². The molecule has 1 unspecified atom stereocenters. The number of non-ortho nitro benzene ring substituents is 1. The van der Waals surface area contributed by atoms with Gasteiger partial charge in [-0.25, -0.2) is 9.59 Å². The van der Waals surface area contributed by atoms with E-state index in [9.17, 15) is 19.7 Å². The number of esters is 2. The molecule has 0 saturated carbocycles. The molecule has 236 valence electrons. The number of ether oxygens (including phenoxy) is 3. The van der Waals surface area contributed by atoms with Gasteiger partial charge < -0.3 is 14.2 Å². The molecule has 0 bridgehead atoms. The van der Waals surface area contributed by atoms with E-state index in [1.165, 1.54) is 42.0 Å². The maximum atomic E-state index is 11.9. The number of nitro benzene ring substituents is 1. The third-order valence-corrected chi connectivity index (χ3v) is 6.41. The lowest BCUT2D eigenvalue weighted by Crippen LogP contribution is -2.12. The van der Waals surface area contributed by atoms with E-state index in [4.69, 9.17) is 25.8 Å². The molecule has 0 heterocycles. The summed E-state index contributed by atoms with van der Waals surface area (Å²) in [7, 11) is 1.54. The molecule has 3 aromatic rings. The third-order valence-electron chi connectivity index (χ3n) is 6.06. The van der Waals surface area contributed by atoms with Crippen molar-refractivity contribution < 1.29 is 28.7 Å². The van der Waals surface area contributed by atoms with Crippen molar-refractivity contribution in [2.24, 2.45) is 0 Å². The van der Waals surface area contributed by atoms with E-state index < -0.39 is 16.9 Å². The summed E-state index contributed by atoms with van der Waals surface area (Å²) in [5.74, 6) is -0.0194. The summed E-state index contributed by atoms with van der Waals surface area (Å²) < 4.78 is 15.8. The Morgan fingerprint density at radius 3 is 2.33 bits per heavy atom. The second-order valence-electron chi connectivity index (χ2n) is 10.0. The van der Waals surface area contributed by atoms with Gasteiger partial charge in [-0.15, -0.1) is 6.58 Å². The fourth-order valence-electron chi connectivity index (χ4n) is 3.80. The molecule has 0 aliphatic rings. The van der Waals surface area contributed by atoms with E-state index in [0.29, 0.717) is 28.5 Å². The molecule has 0 aliphatic carbocycles. The summed E-state index contributed by atoms with van der Waals surface area (Å²) in [6.07, 6.45) is 11.7. The van der Waals surface area contributed by atoms with Gasteiger partial charge in [0.2, 0.25) is 0 Å². The zero-order valence-corrected chi connectivity index (χ0v) is 26.7. The van der Waals surface area contributed by atoms with E-state index in [-0.39, 0.29) is 11.8 Å². The van der Waals surface area contributed by atoms with Crippen LogP contribution in [0.2, 0.25) is 5.02 Å². The Hall–Kier alpha value is -4.95. The monoisotopic (exact) mass is 631 g/mol. The van der Waals surface area contributed by atoms with E-state index >= 15 is 0 Å². The van der Waals surface area contributed by atoms with Gasteiger partial charge in [0.1, 0.15) is 0 Å². The minimum Gasteiger partial charge on any atom is -0.493 e. The van der Waals surface area contributed by atoms with Crippen LogP contribution < -0.4 is 9.47 Å². The number of methoxy groups -OCH3 is 1. The Labute approximate surface area is 269 Å². The summed E-state index contributed by atoms with van der Waals surface area (Å²) in [6, 6.07) is 19.1. The molecule has 45 heavy (non-hydrogen) atoms. The van der Waals surface area contributed by atoms with Gasteiger partial charge in [0, 0.05) is 34.9 Å². The highest BCUT2D eigenvalue weighted by Gasteiger charge is 2.11. The highest BCUT2D eigenvalue weighted by molar-refractivity contribution is 6.32. The maximum absolute atomic E-state index is 11.9. The highest BCUT2D eigenvalue weighted by atomic mass is 35.5. The number of nitrogens with zero attached hydrogens (tertiary/aromatic N) is 1. The van der Waals surface area contributed by atoms with Crippen LogP contribution in [0.25, 0.3) is 12.2 Å². The van der Waals surface area contributed by atoms with Crippen LogP contribution in [0.15, 0.2) is 103 Å². The first-order valence-electron chi connectivity index (χ1n) is 14.2. The van der Waals surface area contributed by atoms with Gasteiger partial charge in [0.05, 0.1) is 18.1 Å². The SMILES string of the molecule is C=CCc1ccc(OC)c(OC(=O)/C=C/c2ccccc2)c1.CC(C)=CCCC(C)OC(=O)/C=C/c1cc([N+](=O)[O-])ccc1Cl. The molecule has 0 aliphatic heterocycles. The van der Waals surface area contributed by atoms with E-state index in [1.54, 1.807) is 31.4 Å². The van der Waals surface area contributed by atoms with Crippen LogP contribution in [-0.2, 0) is 20.7 Å². The largest absolute Gasteiger partial charge is 0.493 e. The number of allylic oxidation sites excluding steroid dienone is 3. The number of carbonyl (C=O) groups is 2. The van der Waals surface area contributed by atoms with Gasteiger partial charge in [-0.05, 0) is 81.5 Å². The van der Waals surface area contributed by atoms with Gasteiger partial charge in [0.15, 0.2) is 11.5 Å². The fraction of sp³-hybridized carbons (Fsp3) is 0.222. The molecule has 0 amide bonds. The van der Waals surface area contributed by atoms with Crippen LogP contribution in [-0.4, -0.2) is 30.1 Å². The molecule has 0 fully saturated rings. The van der Waals surface area contributed by atoms with Crippen LogP contribution >= 0.6 is 11.6 Å². The molecule has 0 saturated heterocycles. The van der Waals surface area contributed by atoms with Gasteiger partial charge >= 0.3 is 11.9 Å². The second kappa shape index (κ2) is 19.4. The molecule has 3 aromatic carbocycles. The first-order chi connectivity index (χ1) is 21.5. The Morgan fingerprint density at radius 2 is 1.69 bits per heavy atom. The normalized spacial score (nSPS) is 11.2. The molecule has 0 spiro atoms. The quantitative estimate of drug-likeness (QED) is 0.0463. The molecule has 3 rings (SSSR count). The molecule has 0 radical (unpaired) electrons. The van der Waals surface area contributed by atoms with Crippen molar-refractivity contribution in [3.8, 4) is 11.5 Å². The lowest BCUT2D eigenvalue weighted by molar-refractivity contribution is -0.384. The lowest BCUT2D eigenvalue weighted by atomic mass is 10.1. The number of hydrogen-bond acceptors (Lipinski definition) is 7. The predicted octanol–water partition coefficient (Wildman–Crippen LogP) is 8.98. The van der Waals surface area contributed by atoms with Crippen LogP contribution in [0.4, 0.5) is 5.69 Å². The highest BCUT2D eigenvalue weighted by Crippen LogP contribution is 2.28. The Kier molecular flexibility index (Phi) is 15.6. The number of carbonyl (C=O) groups excluding carboxylic acids is 2. The zero-order chi connectivity index (χ0) is 33.2. The summed E-state index contributed by atoms with van der Waals surface area (Å²) in [6.45, 7) is 9.56. The summed E-state index contributed by atoms with van der Waals surface area (Å²) in [5, 5.41) is 11.1. The fourth-order valence-corrected chi connectivity index (χ4v) is 3.98. The minimum absolute atomic E-state index is 0.0856. The molecule has 8 nitrogen and oxygen atoms in total. The minimum atomic E-state index is -0.517. The van der Waals surface area contributed by atoms with Gasteiger partial charge in [-0.3, -0.25) is 10.1 Å². The van der Waals surface area contributed by atoms with Crippen molar-refractivity contribution in [2.45, 2.75) is 46.1 Å². The van der Waals surface area contributed by atoms with Crippen molar-refractivity contribution in [1.29, 1.82) is 0 Å². The summed E-state index contributed by atoms with van der Waals surface area (Å²) >= 11 is 5.96. The standard InChI is InChI=1S/C19H18O3.C17H20ClNO4/c1-3-7-16-10-12-17(21-2)18(14-16)22-19(20)13-11-15-8-5-4-6-9-15;1-12(2)5-4-6-13(3)23-17(20)10-7-14-11-15(19(21)22)8-9-16(14)18/h3-6,8-14H,1,7H2,2H3;5,7-11,13H,4,6H2,1-3H3/b13-11+;10-7+. The number of halogens is 1. The Morgan fingerprint density at radius 1 is 0.978 bits per heavy atom. The summed E-state index contributed by atoms with van der Waals surface area (Å²) in [4.78, 5) is 33.9. The van der Waals surface area contributed by atoms with Crippen LogP contribution in [0.3, 0.4) is 0 Å². The van der Waals surface area contributed by atoms with Crippen molar-refractivity contribution in [1.82, 2.24) is 0 Å². The van der Waals surface area contributed by atoms with Crippen molar-refractivity contribution in [3.63, 3.8) is 0 Å². The molecule has 0 aromatic heterocycles. The number of rotatable bonds is 13. The Balaban J connectivity index is 0.000000314. The zero-order valence-electron chi connectivity index (χ0n) is 25.9. The molecular formula is C36H38ClNO7. The first kappa shape index (κ1) is 36.2. The average molecular weight is 632 g/mol. The summed E-state index contributed by atoms with van der Waals surface area (Å²) in [5.41, 5.74) is 3.48. The van der Waals surface area contributed by atoms with Gasteiger partial charge in [0.25, 0.3) is 5.69 Å². The van der Waals surface area contributed by atoms with Crippen LogP contribution in [0, 0.1) is 10.1 Å². The van der Waals surface area contributed by atoms with E-state index in [0.717, 1.165) is 24.0 Å². The third kappa shape index (κ3) is 13.9. The van der Waals surface area contributed by atoms with Crippen LogP contribution in [0.5, 0.6) is 11.5 Å². The molecule has 9 heteroatoms. The predicted molar refractivity (Wildman–Crippen MR) is 179 cm³/mol. The smallest absolute Gasteiger partial charge is 0.336 e. The van der Waals surface area contributed by atoms with E-state index in [2.05, 4.69) is 12.7 Å². The van der Waals surface area contributed by atoms with E-state index in [1.807, 2.05) is 57.2 Å².